The highest BCUT2D eigenvalue weighted by atomic mass is 16.5. The average Bonchev–Trinajstić information content (AvgIpc) is 2.59. The Kier molecular flexibility index (Phi) is 7.06. The first kappa shape index (κ1) is 18.3. The van der Waals surface area contributed by atoms with Gasteiger partial charge in [-0.15, -0.1) is 0 Å². The molecule has 24 heavy (non-hydrogen) atoms. The molecule has 0 radical (unpaired) electrons. The van der Waals surface area contributed by atoms with Crippen molar-refractivity contribution in [2.24, 2.45) is 5.92 Å². The second kappa shape index (κ2) is 9.27. The van der Waals surface area contributed by atoms with E-state index < -0.39 is 11.9 Å². The molecule has 2 atom stereocenters. The molecule has 0 heterocycles. The molecular formula is C18H25NO5. The number of hydrogen-bond acceptors (Lipinski definition) is 4. The molecule has 6 heteroatoms. The van der Waals surface area contributed by atoms with Crippen LogP contribution in [0, 0.1) is 5.92 Å². The maximum absolute atomic E-state index is 12.4. The van der Waals surface area contributed by atoms with Crippen molar-refractivity contribution in [1.29, 1.82) is 0 Å². The molecule has 1 aliphatic carbocycles. The first-order valence-corrected chi connectivity index (χ1v) is 8.37. The summed E-state index contributed by atoms with van der Waals surface area (Å²) in [5, 5.41) is 12.2. The molecule has 132 valence electrons. The summed E-state index contributed by atoms with van der Waals surface area (Å²) in [6, 6.07) is 6.63. The van der Waals surface area contributed by atoms with Crippen molar-refractivity contribution in [3.05, 3.63) is 29.8 Å². The third-order valence-electron chi connectivity index (χ3n) is 4.26. The fourth-order valence-corrected chi connectivity index (χ4v) is 2.97. The lowest BCUT2D eigenvalue weighted by molar-refractivity contribution is -0.143. The Morgan fingerprint density at radius 3 is 2.79 bits per heavy atom. The summed E-state index contributed by atoms with van der Waals surface area (Å²) >= 11 is 0. The second-order valence-corrected chi connectivity index (χ2v) is 6.03. The Labute approximate surface area is 142 Å². The molecule has 1 aliphatic rings. The zero-order valence-corrected chi connectivity index (χ0v) is 14.0. The Morgan fingerprint density at radius 1 is 1.25 bits per heavy atom. The minimum Gasteiger partial charge on any atom is -0.493 e. The van der Waals surface area contributed by atoms with Gasteiger partial charge >= 0.3 is 5.97 Å². The number of benzene rings is 1. The molecule has 2 rings (SSSR count). The summed E-state index contributed by atoms with van der Waals surface area (Å²) in [6.07, 6.45) is 3.93. The standard InChI is InChI=1S/C18H25NO5/c1-23-10-5-11-24-14-7-4-6-13(12-14)17(20)19-16-9-3-2-8-15(16)18(21)22/h4,6-7,12,15-16H,2-3,5,8-11H2,1H3,(H,19,20)(H,21,22)/t15-,16-/m1/s1. The molecule has 1 aromatic carbocycles. The van der Waals surface area contributed by atoms with Crippen LogP contribution < -0.4 is 10.1 Å². The number of carboxylic acid groups (broad SMARTS) is 1. The van der Waals surface area contributed by atoms with Crippen molar-refractivity contribution >= 4 is 11.9 Å². The second-order valence-electron chi connectivity index (χ2n) is 6.03. The third-order valence-corrected chi connectivity index (χ3v) is 4.26. The van der Waals surface area contributed by atoms with E-state index in [0.29, 0.717) is 37.4 Å². The summed E-state index contributed by atoms with van der Waals surface area (Å²) in [6.45, 7) is 1.14. The van der Waals surface area contributed by atoms with E-state index in [9.17, 15) is 14.7 Å². The van der Waals surface area contributed by atoms with Gasteiger partial charge in [0, 0.05) is 31.7 Å². The zero-order valence-electron chi connectivity index (χ0n) is 14.0. The fraction of sp³-hybridized carbons (Fsp3) is 0.556. The molecule has 6 nitrogen and oxygen atoms in total. The topological polar surface area (TPSA) is 84.9 Å². The molecule has 0 aliphatic heterocycles. The van der Waals surface area contributed by atoms with Gasteiger partial charge in [-0.1, -0.05) is 18.9 Å². The van der Waals surface area contributed by atoms with Gasteiger partial charge in [0.05, 0.1) is 12.5 Å². The van der Waals surface area contributed by atoms with E-state index >= 15 is 0 Å². The number of aliphatic carboxylic acids is 1. The number of nitrogens with one attached hydrogen (secondary N) is 1. The number of carboxylic acids is 1. The van der Waals surface area contributed by atoms with Gasteiger partial charge in [-0.2, -0.15) is 0 Å². The summed E-state index contributed by atoms with van der Waals surface area (Å²) in [5.41, 5.74) is 0.481. The monoisotopic (exact) mass is 335 g/mol. The lowest BCUT2D eigenvalue weighted by atomic mass is 9.84. The summed E-state index contributed by atoms with van der Waals surface area (Å²) in [5.74, 6) is -0.973. The highest BCUT2D eigenvalue weighted by Crippen LogP contribution is 2.25. The van der Waals surface area contributed by atoms with Crippen LogP contribution in [0.2, 0.25) is 0 Å². The van der Waals surface area contributed by atoms with Gasteiger partial charge in [-0.3, -0.25) is 9.59 Å². The number of methoxy groups -OCH3 is 1. The van der Waals surface area contributed by atoms with E-state index in [2.05, 4.69) is 5.32 Å². The first-order valence-electron chi connectivity index (χ1n) is 8.37. The quantitative estimate of drug-likeness (QED) is 0.713. The maximum atomic E-state index is 12.4. The van der Waals surface area contributed by atoms with Gasteiger partial charge in [0.15, 0.2) is 0 Å². The normalized spacial score (nSPS) is 20.4. The molecule has 2 N–H and O–H groups in total. The molecule has 0 spiro atoms. The molecular weight excluding hydrogens is 310 g/mol. The predicted octanol–water partition coefficient (Wildman–Crippen LogP) is 2.48. The lowest BCUT2D eigenvalue weighted by Crippen LogP contribution is -2.45. The number of hydrogen-bond donors (Lipinski definition) is 2. The van der Waals surface area contributed by atoms with E-state index in [1.54, 1.807) is 31.4 Å². The maximum Gasteiger partial charge on any atom is 0.308 e. The van der Waals surface area contributed by atoms with Crippen molar-refractivity contribution < 1.29 is 24.2 Å². The molecule has 1 fully saturated rings. The molecule has 0 saturated heterocycles. The van der Waals surface area contributed by atoms with Gasteiger partial charge in [0.25, 0.3) is 5.91 Å². The average molecular weight is 335 g/mol. The number of ether oxygens (including phenoxy) is 2. The summed E-state index contributed by atoms with van der Waals surface area (Å²) in [7, 11) is 1.64. The molecule has 1 saturated carbocycles. The van der Waals surface area contributed by atoms with Crippen LogP contribution >= 0.6 is 0 Å². The van der Waals surface area contributed by atoms with Crippen LogP contribution in [0.1, 0.15) is 42.5 Å². The van der Waals surface area contributed by atoms with Gasteiger partial charge in [-0.25, -0.2) is 0 Å². The lowest BCUT2D eigenvalue weighted by Gasteiger charge is -2.29. The van der Waals surface area contributed by atoms with Gasteiger partial charge < -0.3 is 19.9 Å². The SMILES string of the molecule is COCCCOc1cccc(C(=O)N[C@@H]2CCCC[C@H]2C(=O)O)c1. The van der Waals surface area contributed by atoms with Crippen LogP contribution in [0.5, 0.6) is 5.75 Å². The van der Waals surface area contributed by atoms with Gasteiger partial charge in [0.2, 0.25) is 0 Å². The van der Waals surface area contributed by atoms with E-state index in [-0.39, 0.29) is 11.9 Å². The molecule has 1 amide bonds. The molecule has 0 aromatic heterocycles. The molecule has 1 aromatic rings. The minimum atomic E-state index is -0.838. The third kappa shape index (κ3) is 5.23. The minimum absolute atomic E-state index is 0.254. The van der Waals surface area contributed by atoms with E-state index in [0.717, 1.165) is 19.3 Å². The van der Waals surface area contributed by atoms with Crippen molar-refractivity contribution in [2.45, 2.75) is 38.1 Å². The van der Waals surface area contributed by atoms with E-state index in [1.165, 1.54) is 0 Å². The van der Waals surface area contributed by atoms with E-state index in [4.69, 9.17) is 9.47 Å². The number of carbonyl (C=O) groups is 2. The van der Waals surface area contributed by atoms with Crippen molar-refractivity contribution in [2.75, 3.05) is 20.3 Å². The Balaban J connectivity index is 1.95. The van der Waals surface area contributed by atoms with Crippen LogP contribution in [-0.2, 0) is 9.53 Å². The molecule has 0 bridgehead atoms. The van der Waals surface area contributed by atoms with Crippen LogP contribution in [0.3, 0.4) is 0 Å². The largest absolute Gasteiger partial charge is 0.493 e. The smallest absolute Gasteiger partial charge is 0.308 e. The summed E-state index contributed by atoms with van der Waals surface area (Å²) in [4.78, 5) is 23.8. The predicted molar refractivity (Wildman–Crippen MR) is 89.3 cm³/mol. The number of rotatable bonds is 8. The number of carbonyl (C=O) groups excluding carboxylic acids is 1. The summed E-state index contributed by atoms with van der Waals surface area (Å²) < 4.78 is 10.6. The van der Waals surface area contributed by atoms with Crippen LogP contribution in [0.15, 0.2) is 24.3 Å². The van der Waals surface area contributed by atoms with Gasteiger partial charge in [-0.05, 0) is 31.0 Å². The number of amides is 1. The van der Waals surface area contributed by atoms with Crippen molar-refractivity contribution in [3.8, 4) is 5.75 Å². The van der Waals surface area contributed by atoms with Gasteiger partial charge in [0.1, 0.15) is 5.75 Å². The Morgan fingerprint density at radius 2 is 2.04 bits per heavy atom. The van der Waals surface area contributed by atoms with Crippen LogP contribution in [0.4, 0.5) is 0 Å². The molecule has 0 unspecified atom stereocenters. The highest BCUT2D eigenvalue weighted by Gasteiger charge is 2.31. The van der Waals surface area contributed by atoms with Crippen molar-refractivity contribution in [3.63, 3.8) is 0 Å². The van der Waals surface area contributed by atoms with E-state index in [1.807, 2.05) is 0 Å². The first-order chi connectivity index (χ1) is 11.6. The zero-order chi connectivity index (χ0) is 17.4. The van der Waals surface area contributed by atoms with Crippen molar-refractivity contribution in [1.82, 2.24) is 5.32 Å². The Bertz CT molecular complexity index is 560. The Hall–Kier alpha value is -2.08. The highest BCUT2D eigenvalue weighted by molar-refractivity contribution is 5.95. The van der Waals surface area contributed by atoms with Crippen LogP contribution in [0.25, 0.3) is 0 Å². The fourth-order valence-electron chi connectivity index (χ4n) is 2.97. The van der Waals surface area contributed by atoms with Crippen LogP contribution in [-0.4, -0.2) is 43.3 Å².